The fraction of sp³-hybridized carbons (Fsp3) is 0.846. The SMILES string of the molecule is CCCc1n[nH]c(=S)n1CC1CN2CCCC2CO1. The maximum absolute atomic E-state index is 6.00. The van der Waals surface area contributed by atoms with Crippen LogP contribution in [0.2, 0.25) is 0 Å². The molecule has 0 aliphatic carbocycles. The van der Waals surface area contributed by atoms with E-state index in [1.807, 2.05) is 0 Å². The van der Waals surface area contributed by atoms with Crippen molar-refractivity contribution < 1.29 is 4.74 Å². The van der Waals surface area contributed by atoms with Gasteiger partial charge in [0.25, 0.3) is 0 Å². The highest BCUT2D eigenvalue weighted by atomic mass is 32.1. The number of H-pyrrole nitrogens is 1. The Morgan fingerprint density at radius 2 is 2.42 bits per heavy atom. The minimum absolute atomic E-state index is 0.245. The third-order valence-corrected chi connectivity index (χ3v) is 4.47. The molecule has 3 heterocycles. The molecule has 2 fully saturated rings. The molecule has 106 valence electrons. The second kappa shape index (κ2) is 5.73. The molecule has 0 aromatic carbocycles. The van der Waals surface area contributed by atoms with E-state index in [0.29, 0.717) is 6.04 Å². The standard InChI is InChI=1S/C13H22N4OS/c1-2-4-12-14-15-13(19)17(12)8-11-7-16-6-3-5-10(16)9-18-11/h10-11H,2-9H2,1H3,(H,15,19). The van der Waals surface area contributed by atoms with E-state index >= 15 is 0 Å². The molecule has 0 saturated carbocycles. The molecule has 0 spiro atoms. The van der Waals surface area contributed by atoms with Gasteiger partial charge in [-0.2, -0.15) is 5.10 Å². The van der Waals surface area contributed by atoms with Crippen molar-refractivity contribution in [1.29, 1.82) is 0 Å². The zero-order chi connectivity index (χ0) is 13.2. The Balaban J connectivity index is 1.68. The first-order chi connectivity index (χ1) is 9.28. The van der Waals surface area contributed by atoms with Crippen molar-refractivity contribution in [3.05, 3.63) is 10.6 Å². The third kappa shape index (κ3) is 2.75. The van der Waals surface area contributed by atoms with Crippen LogP contribution in [-0.4, -0.2) is 51.5 Å². The summed E-state index contributed by atoms with van der Waals surface area (Å²) in [6.45, 7) is 6.12. The van der Waals surface area contributed by atoms with Crippen molar-refractivity contribution in [2.24, 2.45) is 0 Å². The second-order valence-electron chi connectivity index (χ2n) is 5.55. The molecule has 1 aromatic heterocycles. The smallest absolute Gasteiger partial charge is 0.195 e. The highest BCUT2D eigenvalue weighted by Crippen LogP contribution is 2.23. The molecule has 2 atom stereocenters. The molecule has 1 aromatic rings. The third-order valence-electron chi connectivity index (χ3n) is 4.16. The van der Waals surface area contributed by atoms with E-state index in [1.54, 1.807) is 0 Å². The van der Waals surface area contributed by atoms with Crippen LogP contribution in [-0.2, 0) is 17.7 Å². The zero-order valence-corrected chi connectivity index (χ0v) is 12.3. The minimum Gasteiger partial charge on any atom is -0.373 e. The predicted molar refractivity (Wildman–Crippen MR) is 75.7 cm³/mol. The fourth-order valence-corrected chi connectivity index (χ4v) is 3.38. The number of hydrogen-bond acceptors (Lipinski definition) is 4. The zero-order valence-electron chi connectivity index (χ0n) is 11.5. The first-order valence-electron chi connectivity index (χ1n) is 7.27. The van der Waals surface area contributed by atoms with Gasteiger partial charge in [-0.25, -0.2) is 0 Å². The average Bonchev–Trinajstić information content (AvgIpc) is 3.00. The first kappa shape index (κ1) is 13.3. The number of hydrogen-bond donors (Lipinski definition) is 1. The predicted octanol–water partition coefficient (Wildman–Crippen LogP) is 1.76. The van der Waals surface area contributed by atoms with Gasteiger partial charge in [0.2, 0.25) is 0 Å². The highest BCUT2D eigenvalue weighted by Gasteiger charge is 2.32. The topological polar surface area (TPSA) is 46.1 Å². The number of nitrogens with zero attached hydrogens (tertiary/aromatic N) is 3. The molecular weight excluding hydrogens is 260 g/mol. The van der Waals surface area contributed by atoms with E-state index in [2.05, 4.69) is 26.6 Å². The Morgan fingerprint density at radius 1 is 1.53 bits per heavy atom. The van der Waals surface area contributed by atoms with E-state index in [-0.39, 0.29) is 6.10 Å². The van der Waals surface area contributed by atoms with Crippen LogP contribution < -0.4 is 0 Å². The van der Waals surface area contributed by atoms with Gasteiger partial charge in [0.15, 0.2) is 4.77 Å². The Kier molecular flexibility index (Phi) is 4.00. The Labute approximate surface area is 118 Å². The van der Waals surface area contributed by atoms with Crippen molar-refractivity contribution >= 4 is 12.2 Å². The monoisotopic (exact) mass is 282 g/mol. The molecule has 2 unspecified atom stereocenters. The van der Waals surface area contributed by atoms with Crippen LogP contribution in [0.15, 0.2) is 0 Å². The van der Waals surface area contributed by atoms with Gasteiger partial charge in [0, 0.05) is 19.0 Å². The van der Waals surface area contributed by atoms with Gasteiger partial charge in [0.1, 0.15) is 5.82 Å². The lowest BCUT2D eigenvalue weighted by Crippen LogP contribution is -2.47. The van der Waals surface area contributed by atoms with Crippen LogP contribution in [0.4, 0.5) is 0 Å². The van der Waals surface area contributed by atoms with E-state index in [9.17, 15) is 0 Å². The molecule has 1 N–H and O–H groups in total. The number of rotatable bonds is 4. The lowest BCUT2D eigenvalue weighted by molar-refractivity contribution is -0.0556. The van der Waals surface area contributed by atoms with Gasteiger partial charge in [-0.3, -0.25) is 10.00 Å². The quantitative estimate of drug-likeness (QED) is 0.855. The first-order valence-corrected chi connectivity index (χ1v) is 7.68. The van der Waals surface area contributed by atoms with Crippen molar-refractivity contribution in [3.63, 3.8) is 0 Å². The van der Waals surface area contributed by atoms with Crippen LogP contribution in [0.5, 0.6) is 0 Å². The highest BCUT2D eigenvalue weighted by molar-refractivity contribution is 7.71. The summed E-state index contributed by atoms with van der Waals surface area (Å²) in [5, 5.41) is 7.22. The van der Waals surface area contributed by atoms with Crippen molar-refractivity contribution in [1.82, 2.24) is 19.7 Å². The van der Waals surface area contributed by atoms with Gasteiger partial charge >= 0.3 is 0 Å². The minimum atomic E-state index is 0.245. The molecule has 19 heavy (non-hydrogen) atoms. The lowest BCUT2D eigenvalue weighted by atomic mass is 10.2. The molecule has 2 aliphatic rings. The van der Waals surface area contributed by atoms with E-state index < -0.39 is 0 Å². The Morgan fingerprint density at radius 3 is 3.26 bits per heavy atom. The van der Waals surface area contributed by atoms with E-state index in [0.717, 1.165) is 43.1 Å². The maximum atomic E-state index is 6.00. The number of aromatic nitrogens is 3. The normalized spacial score (nSPS) is 27.6. The fourth-order valence-electron chi connectivity index (χ4n) is 3.15. The van der Waals surface area contributed by atoms with Gasteiger partial charge in [-0.15, -0.1) is 0 Å². The van der Waals surface area contributed by atoms with Crippen LogP contribution in [0.1, 0.15) is 32.0 Å². The summed E-state index contributed by atoms with van der Waals surface area (Å²) in [6, 6.07) is 0.656. The number of fused-ring (bicyclic) bond motifs is 1. The van der Waals surface area contributed by atoms with Gasteiger partial charge < -0.3 is 9.30 Å². The van der Waals surface area contributed by atoms with Gasteiger partial charge in [-0.1, -0.05) is 6.92 Å². The molecule has 5 nitrogen and oxygen atoms in total. The molecule has 2 saturated heterocycles. The summed E-state index contributed by atoms with van der Waals surface area (Å²) in [5.41, 5.74) is 0. The summed E-state index contributed by atoms with van der Waals surface area (Å²) in [6.07, 6.45) is 4.89. The van der Waals surface area contributed by atoms with E-state index in [4.69, 9.17) is 17.0 Å². The van der Waals surface area contributed by atoms with Crippen molar-refractivity contribution in [2.75, 3.05) is 19.7 Å². The van der Waals surface area contributed by atoms with E-state index in [1.165, 1.54) is 19.4 Å². The second-order valence-corrected chi connectivity index (χ2v) is 5.94. The molecule has 6 heteroatoms. The molecule has 0 amide bonds. The largest absolute Gasteiger partial charge is 0.373 e. The lowest BCUT2D eigenvalue weighted by Gasteiger charge is -2.35. The summed E-state index contributed by atoms with van der Waals surface area (Å²) in [4.78, 5) is 2.57. The van der Waals surface area contributed by atoms with Gasteiger partial charge in [0.05, 0.1) is 19.3 Å². The summed E-state index contributed by atoms with van der Waals surface area (Å²) >= 11 is 5.32. The number of aromatic amines is 1. The molecule has 2 aliphatic heterocycles. The molecular formula is C13H22N4OS. The van der Waals surface area contributed by atoms with Crippen LogP contribution in [0.3, 0.4) is 0 Å². The number of nitrogens with one attached hydrogen (secondary N) is 1. The average molecular weight is 282 g/mol. The Bertz CT molecular complexity index is 483. The van der Waals surface area contributed by atoms with Crippen molar-refractivity contribution in [2.45, 2.75) is 51.3 Å². The Hall–Kier alpha value is -0.720. The van der Waals surface area contributed by atoms with Crippen LogP contribution in [0.25, 0.3) is 0 Å². The summed E-state index contributed by atoms with van der Waals surface area (Å²) in [5.74, 6) is 1.06. The summed E-state index contributed by atoms with van der Waals surface area (Å²) in [7, 11) is 0. The maximum Gasteiger partial charge on any atom is 0.195 e. The number of ether oxygens (including phenoxy) is 1. The number of morpholine rings is 1. The van der Waals surface area contributed by atoms with Crippen LogP contribution >= 0.6 is 12.2 Å². The summed E-state index contributed by atoms with van der Waals surface area (Å²) < 4.78 is 8.83. The van der Waals surface area contributed by atoms with Gasteiger partial charge in [-0.05, 0) is 38.0 Å². The van der Waals surface area contributed by atoms with Crippen LogP contribution in [0, 0.1) is 4.77 Å². The molecule has 0 radical (unpaired) electrons. The molecule has 3 rings (SSSR count). The molecule has 0 bridgehead atoms. The van der Waals surface area contributed by atoms with Crippen molar-refractivity contribution in [3.8, 4) is 0 Å². The number of aryl methyl sites for hydroxylation is 1.